The Morgan fingerprint density at radius 3 is 2.68 bits per heavy atom. The van der Waals surface area contributed by atoms with E-state index in [4.69, 9.17) is 4.74 Å². The van der Waals surface area contributed by atoms with Crippen molar-refractivity contribution < 1.29 is 24.2 Å². The van der Waals surface area contributed by atoms with E-state index < -0.39 is 12.0 Å². The van der Waals surface area contributed by atoms with Gasteiger partial charge in [-0.3, -0.25) is 14.4 Å². The number of likely N-dealkylation sites (N-methyl/N-ethyl adjacent to an activating group) is 1. The second-order valence-electron chi connectivity index (χ2n) is 8.20. The van der Waals surface area contributed by atoms with Crippen molar-refractivity contribution in [3.63, 3.8) is 0 Å². The molecule has 1 unspecified atom stereocenters. The third kappa shape index (κ3) is 6.89. The first-order chi connectivity index (χ1) is 16.4. The van der Waals surface area contributed by atoms with Crippen LogP contribution in [0.25, 0.3) is 0 Å². The Labute approximate surface area is 199 Å². The fourth-order valence-corrected chi connectivity index (χ4v) is 3.79. The third-order valence-corrected chi connectivity index (χ3v) is 5.55. The van der Waals surface area contributed by atoms with Gasteiger partial charge >= 0.3 is 5.97 Å². The van der Waals surface area contributed by atoms with Gasteiger partial charge in [-0.05, 0) is 36.2 Å². The van der Waals surface area contributed by atoms with E-state index in [0.29, 0.717) is 24.5 Å². The first-order valence-corrected chi connectivity index (χ1v) is 11.1. The van der Waals surface area contributed by atoms with Crippen LogP contribution in [0.5, 0.6) is 0 Å². The van der Waals surface area contributed by atoms with Gasteiger partial charge in [-0.15, -0.1) is 0 Å². The molecule has 34 heavy (non-hydrogen) atoms. The van der Waals surface area contributed by atoms with Crippen LogP contribution in [0.1, 0.15) is 33.9 Å². The zero-order valence-electron chi connectivity index (χ0n) is 19.4. The summed E-state index contributed by atoms with van der Waals surface area (Å²) in [5.41, 5.74) is 3.79. The number of carboxylic acids is 1. The molecule has 3 rings (SSSR count). The van der Waals surface area contributed by atoms with Gasteiger partial charge in [-0.2, -0.15) is 0 Å². The number of morpholine rings is 1. The summed E-state index contributed by atoms with van der Waals surface area (Å²) in [4.78, 5) is 43.4. The number of para-hydroxylation sites is 1. The monoisotopic (exact) mass is 466 g/mol. The maximum absolute atomic E-state index is 12.7. The number of hydrogen-bond acceptors (Lipinski definition) is 6. The first kappa shape index (κ1) is 24.9. The van der Waals surface area contributed by atoms with Gasteiger partial charge in [0.05, 0.1) is 44.2 Å². The van der Waals surface area contributed by atoms with Crippen molar-refractivity contribution in [3.8, 4) is 0 Å². The highest BCUT2D eigenvalue weighted by Crippen LogP contribution is 2.27. The summed E-state index contributed by atoms with van der Waals surface area (Å²) in [6.07, 6.45) is 1.96. The van der Waals surface area contributed by atoms with Crippen LogP contribution in [0, 0.1) is 6.92 Å². The van der Waals surface area contributed by atoms with Crippen LogP contribution < -0.4 is 10.2 Å². The maximum Gasteiger partial charge on any atom is 0.305 e. The van der Waals surface area contributed by atoms with Gasteiger partial charge in [-0.25, -0.2) is 4.99 Å². The van der Waals surface area contributed by atoms with E-state index in [1.807, 2.05) is 25.1 Å². The van der Waals surface area contributed by atoms with Crippen molar-refractivity contribution in [2.45, 2.75) is 19.4 Å². The van der Waals surface area contributed by atoms with Crippen LogP contribution in [-0.2, 0) is 14.3 Å². The second-order valence-corrected chi connectivity index (χ2v) is 8.20. The zero-order valence-corrected chi connectivity index (χ0v) is 19.4. The van der Waals surface area contributed by atoms with Crippen molar-refractivity contribution in [2.75, 3.05) is 44.8 Å². The lowest BCUT2D eigenvalue weighted by Crippen LogP contribution is -2.38. The summed E-state index contributed by atoms with van der Waals surface area (Å²) in [6, 6.07) is 12.0. The number of rotatable bonds is 10. The molecule has 1 atom stereocenters. The number of aliphatic imine (C=N–C) groups is 1. The number of carbonyl (C=O) groups is 3. The highest BCUT2D eigenvalue weighted by atomic mass is 16.5. The van der Waals surface area contributed by atoms with E-state index >= 15 is 0 Å². The molecule has 9 heteroatoms. The molecule has 0 spiro atoms. The van der Waals surface area contributed by atoms with Gasteiger partial charge < -0.3 is 25.0 Å². The van der Waals surface area contributed by atoms with Crippen molar-refractivity contribution in [1.29, 1.82) is 0 Å². The number of anilines is 1. The summed E-state index contributed by atoms with van der Waals surface area (Å²) in [7, 11) is 1.68. The molecule has 0 bridgehead atoms. The molecule has 2 N–H and O–H groups in total. The van der Waals surface area contributed by atoms with Crippen molar-refractivity contribution >= 4 is 35.9 Å². The van der Waals surface area contributed by atoms with Crippen LogP contribution in [-0.4, -0.2) is 74.4 Å². The number of hydrogen-bond donors (Lipinski definition) is 2. The fraction of sp³-hybridized carbons (Fsp3) is 0.360. The standard InChI is InChI=1S/C25H30N4O5/c1-18-7-8-19(13-23(18)29-9-11-34-12-10-29)22(14-25(32)33)27-24(31)15-28(2)17-26-21-6-4-3-5-20(21)16-30/h3-8,13,16-17,22H,9-12,14-15H2,1-2H3,(H,27,31)(H,32,33)/b26-17-. The molecule has 0 aliphatic carbocycles. The lowest BCUT2D eigenvalue weighted by molar-refractivity contribution is -0.137. The molecule has 1 amide bonds. The van der Waals surface area contributed by atoms with Crippen molar-refractivity contribution in [3.05, 3.63) is 59.2 Å². The molecule has 0 saturated carbocycles. The van der Waals surface area contributed by atoms with Gasteiger partial charge in [0.1, 0.15) is 0 Å². The normalized spacial score (nSPS) is 14.6. The van der Waals surface area contributed by atoms with E-state index in [-0.39, 0.29) is 18.9 Å². The Balaban J connectivity index is 1.70. The Morgan fingerprint density at radius 2 is 1.97 bits per heavy atom. The van der Waals surface area contributed by atoms with Gasteiger partial charge in [-0.1, -0.05) is 24.3 Å². The third-order valence-electron chi connectivity index (χ3n) is 5.55. The second kappa shape index (κ2) is 11.9. The Kier molecular flexibility index (Phi) is 8.75. The SMILES string of the molecule is Cc1ccc(C(CC(=O)O)NC(=O)CN(C)/C=N\c2ccccc2C=O)cc1N1CCOCC1. The molecule has 0 aromatic heterocycles. The number of aldehydes is 1. The fourth-order valence-electron chi connectivity index (χ4n) is 3.79. The highest BCUT2D eigenvalue weighted by molar-refractivity contribution is 5.85. The molecule has 1 heterocycles. The number of nitrogens with zero attached hydrogens (tertiary/aromatic N) is 3. The molecule has 9 nitrogen and oxygen atoms in total. The Hall–Kier alpha value is -3.72. The number of carbonyl (C=O) groups excluding carboxylic acids is 2. The topological polar surface area (TPSA) is 112 Å². The molecule has 1 aliphatic heterocycles. The minimum Gasteiger partial charge on any atom is -0.481 e. The quantitative estimate of drug-likeness (QED) is 0.314. The van der Waals surface area contributed by atoms with Gasteiger partial charge in [0.2, 0.25) is 5.91 Å². The smallest absolute Gasteiger partial charge is 0.305 e. The van der Waals surface area contributed by atoms with Crippen LogP contribution in [0.2, 0.25) is 0 Å². The molecule has 1 aliphatic rings. The van der Waals surface area contributed by atoms with Crippen LogP contribution in [0.15, 0.2) is 47.5 Å². The molecular weight excluding hydrogens is 436 g/mol. The Bertz CT molecular complexity index is 1050. The van der Waals surface area contributed by atoms with E-state index in [0.717, 1.165) is 36.2 Å². The molecule has 1 fully saturated rings. The van der Waals surface area contributed by atoms with E-state index in [9.17, 15) is 19.5 Å². The average Bonchev–Trinajstić information content (AvgIpc) is 2.83. The van der Waals surface area contributed by atoms with E-state index in [1.54, 1.807) is 36.2 Å². The summed E-state index contributed by atoms with van der Waals surface area (Å²) in [5, 5.41) is 12.3. The van der Waals surface area contributed by atoms with Crippen LogP contribution in [0.3, 0.4) is 0 Å². The average molecular weight is 467 g/mol. The van der Waals surface area contributed by atoms with Crippen LogP contribution in [0.4, 0.5) is 11.4 Å². The summed E-state index contributed by atoms with van der Waals surface area (Å²) >= 11 is 0. The van der Waals surface area contributed by atoms with Gasteiger partial charge in [0.15, 0.2) is 6.29 Å². The van der Waals surface area contributed by atoms with Crippen LogP contribution >= 0.6 is 0 Å². The summed E-state index contributed by atoms with van der Waals surface area (Å²) in [5.74, 6) is -1.34. The van der Waals surface area contributed by atoms with E-state index in [2.05, 4.69) is 15.2 Å². The lowest BCUT2D eigenvalue weighted by Gasteiger charge is -2.31. The van der Waals surface area contributed by atoms with Crippen molar-refractivity contribution in [1.82, 2.24) is 10.2 Å². The lowest BCUT2D eigenvalue weighted by atomic mass is 10.00. The molecule has 2 aromatic rings. The number of ether oxygens (including phenoxy) is 1. The molecule has 0 radical (unpaired) electrons. The molecule has 180 valence electrons. The predicted octanol–water partition coefficient (Wildman–Crippen LogP) is 2.57. The number of amides is 1. The summed E-state index contributed by atoms with van der Waals surface area (Å²) < 4.78 is 5.43. The minimum absolute atomic E-state index is 0.0228. The van der Waals surface area contributed by atoms with Gasteiger partial charge in [0, 0.05) is 31.4 Å². The van der Waals surface area contributed by atoms with Gasteiger partial charge in [0.25, 0.3) is 0 Å². The maximum atomic E-state index is 12.7. The minimum atomic E-state index is -1.00. The number of aryl methyl sites for hydroxylation is 1. The zero-order chi connectivity index (χ0) is 24.5. The highest BCUT2D eigenvalue weighted by Gasteiger charge is 2.21. The van der Waals surface area contributed by atoms with E-state index in [1.165, 1.54) is 6.34 Å². The number of benzene rings is 2. The molecule has 2 aromatic carbocycles. The number of aliphatic carboxylic acids is 1. The number of carboxylic acid groups (broad SMARTS) is 1. The molecule has 1 saturated heterocycles. The largest absolute Gasteiger partial charge is 0.481 e. The predicted molar refractivity (Wildman–Crippen MR) is 130 cm³/mol. The number of nitrogens with one attached hydrogen (secondary N) is 1. The molecular formula is C25H30N4O5. The summed E-state index contributed by atoms with van der Waals surface area (Å²) in [6.45, 7) is 4.80. The Morgan fingerprint density at radius 1 is 1.24 bits per heavy atom. The van der Waals surface area contributed by atoms with Crippen molar-refractivity contribution in [2.24, 2.45) is 4.99 Å². The first-order valence-electron chi connectivity index (χ1n) is 11.1.